The fraction of sp³-hybridized carbons (Fsp3) is 0.179. The molecule has 0 atom stereocenters. The first-order valence-corrected chi connectivity index (χ1v) is 14.5. The molecule has 2 aliphatic heterocycles. The third-order valence-corrected chi connectivity index (χ3v) is 8.58. The summed E-state index contributed by atoms with van der Waals surface area (Å²) >= 11 is 7.77. The number of nitro benzene ring substituents is 1. The number of halogens is 2. The smallest absolute Gasteiger partial charge is 0.294 e. The maximum Gasteiger partial charge on any atom is 0.294 e. The van der Waals surface area contributed by atoms with Crippen molar-refractivity contribution in [3.8, 4) is 5.75 Å². The lowest BCUT2D eigenvalue weighted by atomic mass is 10.00. The Balaban J connectivity index is 1.24. The normalized spacial score (nSPS) is 15.9. The molecule has 2 aliphatic rings. The summed E-state index contributed by atoms with van der Waals surface area (Å²) < 4.78 is 7.11. The van der Waals surface area contributed by atoms with Gasteiger partial charge in [-0.3, -0.25) is 29.4 Å². The number of amides is 3. The largest absolute Gasteiger partial charge is 0.487 e. The van der Waals surface area contributed by atoms with Gasteiger partial charge in [-0.15, -0.1) is 0 Å². The topological polar surface area (TPSA) is 110 Å². The molecule has 12 heteroatoms. The van der Waals surface area contributed by atoms with Crippen LogP contribution in [0.2, 0.25) is 0 Å². The number of nitro groups is 1. The van der Waals surface area contributed by atoms with Crippen LogP contribution in [0.3, 0.4) is 0 Å². The summed E-state index contributed by atoms with van der Waals surface area (Å²) in [7, 11) is 0. The van der Waals surface area contributed by atoms with Gasteiger partial charge in [0.05, 0.1) is 18.8 Å². The van der Waals surface area contributed by atoms with Gasteiger partial charge in [-0.1, -0.05) is 24.3 Å². The predicted octanol–water partition coefficient (Wildman–Crippen LogP) is 6.32. The maximum atomic E-state index is 13.1. The summed E-state index contributed by atoms with van der Waals surface area (Å²) in [5, 5.41) is 10.4. The molecular formula is C28H21Br2N3O6S. The molecule has 0 saturated carbocycles. The number of thioether (sulfide) groups is 1. The summed E-state index contributed by atoms with van der Waals surface area (Å²) in [5.74, 6) is -0.262. The number of carbonyl (C=O) groups is 3. The quantitative estimate of drug-likeness (QED) is 0.163. The van der Waals surface area contributed by atoms with E-state index in [1.807, 2.05) is 24.3 Å². The van der Waals surface area contributed by atoms with E-state index in [1.165, 1.54) is 17.7 Å². The minimum atomic E-state index is -0.508. The Kier molecular flexibility index (Phi) is 8.38. The molecule has 0 spiro atoms. The summed E-state index contributed by atoms with van der Waals surface area (Å²) in [6, 6.07) is 17.5. The zero-order chi connectivity index (χ0) is 28.4. The van der Waals surface area contributed by atoms with E-state index in [4.69, 9.17) is 4.74 Å². The van der Waals surface area contributed by atoms with Crippen molar-refractivity contribution in [2.24, 2.45) is 0 Å². The first-order valence-electron chi connectivity index (χ1n) is 12.1. The van der Waals surface area contributed by atoms with Crippen LogP contribution in [0.5, 0.6) is 5.75 Å². The molecule has 40 heavy (non-hydrogen) atoms. The Morgan fingerprint density at radius 3 is 2.40 bits per heavy atom. The molecular weight excluding hydrogens is 666 g/mol. The van der Waals surface area contributed by atoms with E-state index in [1.54, 1.807) is 35.2 Å². The SMILES string of the molecule is O=C(CN1C(=O)S/C(=C\c2cc(Br)c(OCc3ccc([N+](=O)[O-])cc3)c(Br)c2)C1=O)N1CCc2ccccc2C1. The number of nitrogens with zero attached hydrogens (tertiary/aromatic N) is 3. The highest BCUT2D eigenvalue weighted by molar-refractivity contribution is 9.11. The van der Waals surface area contributed by atoms with Crippen LogP contribution >= 0.6 is 43.6 Å². The number of rotatable bonds is 7. The molecule has 3 amide bonds. The molecule has 3 aromatic carbocycles. The van der Waals surface area contributed by atoms with Gasteiger partial charge in [0.15, 0.2) is 0 Å². The number of hydrogen-bond donors (Lipinski definition) is 0. The van der Waals surface area contributed by atoms with Crippen molar-refractivity contribution in [2.45, 2.75) is 19.6 Å². The van der Waals surface area contributed by atoms with E-state index in [2.05, 4.69) is 31.9 Å². The summed E-state index contributed by atoms with van der Waals surface area (Å²) in [4.78, 5) is 51.9. The van der Waals surface area contributed by atoms with E-state index in [0.29, 0.717) is 33.3 Å². The van der Waals surface area contributed by atoms with E-state index in [9.17, 15) is 24.5 Å². The number of imide groups is 1. The molecule has 1 saturated heterocycles. The Morgan fingerprint density at radius 1 is 1.05 bits per heavy atom. The van der Waals surface area contributed by atoms with Crippen molar-refractivity contribution in [3.63, 3.8) is 0 Å². The Labute approximate surface area is 250 Å². The zero-order valence-electron chi connectivity index (χ0n) is 20.8. The molecule has 204 valence electrons. The van der Waals surface area contributed by atoms with Gasteiger partial charge in [0, 0.05) is 25.2 Å². The molecule has 1 fully saturated rings. The molecule has 5 rings (SSSR count). The van der Waals surface area contributed by atoms with Gasteiger partial charge in [0.25, 0.3) is 16.8 Å². The van der Waals surface area contributed by atoms with Crippen LogP contribution in [0.15, 0.2) is 74.5 Å². The first-order chi connectivity index (χ1) is 19.2. The Hall–Kier alpha value is -3.48. The monoisotopic (exact) mass is 685 g/mol. The predicted molar refractivity (Wildman–Crippen MR) is 158 cm³/mol. The number of ether oxygens (including phenoxy) is 1. The van der Waals surface area contributed by atoms with Crippen LogP contribution in [0, 0.1) is 10.1 Å². The minimum Gasteiger partial charge on any atom is -0.487 e. The summed E-state index contributed by atoms with van der Waals surface area (Å²) in [6.45, 7) is 0.890. The van der Waals surface area contributed by atoms with Gasteiger partial charge in [-0.25, -0.2) is 0 Å². The van der Waals surface area contributed by atoms with E-state index in [-0.39, 0.29) is 29.7 Å². The third kappa shape index (κ3) is 6.13. The summed E-state index contributed by atoms with van der Waals surface area (Å²) in [5.41, 5.74) is 3.69. The highest BCUT2D eigenvalue weighted by Crippen LogP contribution is 2.38. The van der Waals surface area contributed by atoms with Crippen LogP contribution in [-0.4, -0.2) is 44.9 Å². The first kappa shape index (κ1) is 28.1. The molecule has 0 bridgehead atoms. The van der Waals surface area contributed by atoms with Crippen molar-refractivity contribution in [2.75, 3.05) is 13.1 Å². The van der Waals surface area contributed by atoms with Crippen molar-refractivity contribution < 1.29 is 24.0 Å². The summed E-state index contributed by atoms with van der Waals surface area (Å²) in [6.07, 6.45) is 2.34. The van der Waals surface area contributed by atoms with Gasteiger partial charge >= 0.3 is 0 Å². The lowest BCUT2D eigenvalue weighted by molar-refractivity contribution is -0.384. The van der Waals surface area contributed by atoms with Crippen molar-refractivity contribution in [1.82, 2.24) is 9.80 Å². The van der Waals surface area contributed by atoms with Crippen LogP contribution in [0.4, 0.5) is 10.5 Å². The Bertz CT molecular complexity index is 1540. The lowest BCUT2D eigenvalue weighted by Gasteiger charge is -2.29. The second-order valence-corrected chi connectivity index (χ2v) is 11.8. The van der Waals surface area contributed by atoms with Crippen LogP contribution < -0.4 is 4.74 Å². The Morgan fingerprint density at radius 2 is 1.73 bits per heavy atom. The van der Waals surface area contributed by atoms with E-state index < -0.39 is 16.1 Å². The van der Waals surface area contributed by atoms with Gasteiger partial charge in [-0.05, 0) is 103 Å². The van der Waals surface area contributed by atoms with Gasteiger partial charge in [0.1, 0.15) is 18.9 Å². The highest BCUT2D eigenvalue weighted by atomic mass is 79.9. The third-order valence-electron chi connectivity index (χ3n) is 6.50. The molecule has 0 aromatic heterocycles. The maximum absolute atomic E-state index is 13.1. The van der Waals surface area contributed by atoms with E-state index in [0.717, 1.165) is 34.2 Å². The van der Waals surface area contributed by atoms with Crippen molar-refractivity contribution in [1.29, 1.82) is 0 Å². The fourth-order valence-corrected chi connectivity index (χ4v) is 6.69. The van der Waals surface area contributed by atoms with Crippen molar-refractivity contribution in [3.05, 3.63) is 107 Å². The highest BCUT2D eigenvalue weighted by Gasteiger charge is 2.37. The molecule has 2 heterocycles. The average Bonchev–Trinajstić information content (AvgIpc) is 3.19. The average molecular weight is 687 g/mol. The van der Waals surface area contributed by atoms with Gasteiger partial charge in [0.2, 0.25) is 5.91 Å². The van der Waals surface area contributed by atoms with Crippen molar-refractivity contribution >= 4 is 72.4 Å². The minimum absolute atomic E-state index is 0.00140. The fourth-order valence-electron chi connectivity index (χ4n) is 4.40. The molecule has 0 unspecified atom stereocenters. The number of non-ortho nitro benzene ring substituents is 1. The molecule has 9 nitrogen and oxygen atoms in total. The number of hydrogen-bond acceptors (Lipinski definition) is 7. The second kappa shape index (κ2) is 11.9. The molecule has 0 aliphatic carbocycles. The number of fused-ring (bicyclic) bond motifs is 1. The standard InChI is InChI=1S/C28H21Br2N3O6S/c29-22-11-18(12-23(30)26(22)39-16-17-5-7-21(8-6-17)33(37)38)13-24-27(35)32(28(36)40-24)15-25(34)31-10-9-19-3-1-2-4-20(19)14-31/h1-8,11-13H,9-10,14-16H2/b24-13-. The van der Waals surface area contributed by atoms with Gasteiger partial charge in [-0.2, -0.15) is 0 Å². The van der Waals surface area contributed by atoms with E-state index >= 15 is 0 Å². The molecule has 3 aromatic rings. The van der Waals surface area contributed by atoms with Crippen LogP contribution in [0.1, 0.15) is 22.3 Å². The lowest BCUT2D eigenvalue weighted by Crippen LogP contribution is -2.44. The van der Waals surface area contributed by atoms with Crippen LogP contribution in [-0.2, 0) is 29.2 Å². The van der Waals surface area contributed by atoms with Crippen LogP contribution in [0.25, 0.3) is 6.08 Å². The zero-order valence-corrected chi connectivity index (χ0v) is 24.8. The molecule has 0 N–H and O–H groups in total. The number of carbonyl (C=O) groups excluding carboxylic acids is 3. The second-order valence-electron chi connectivity index (χ2n) is 9.13. The molecule has 0 radical (unpaired) electrons. The van der Waals surface area contributed by atoms with Gasteiger partial charge < -0.3 is 9.64 Å². The number of benzene rings is 3.